The van der Waals surface area contributed by atoms with Gasteiger partial charge >= 0.3 is 0 Å². The van der Waals surface area contributed by atoms with Gasteiger partial charge < -0.3 is 0 Å². The topological polar surface area (TPSA) is 33.2 Å². The molecule has 0 saturated heterocycles. The lowest BCUT2D eigenvalue weighted by atomic mass is 10.1. The second-order valence-corrected chi connectivity index (χ2v) is 5.34. The smallest absolute Gasteiger partial charge is 0.263 e. The molecule has 0 radical (unpaired) electrons. The van der Waals surface area contributed by atoms with E-state index in [2.05, 4.69) is 4.98 Å². The molecule has 2 heterocycles. The lowest BCUT2D eigenvalue weighted by Gasteiger charge is -2.16. The fourth-order valence-electron chi connectivity index (χ4n) is 2.84. The highest BCUT2D eigenvalue weighted by Gasteiger charge is 2.32. The number of fused-ring (bicyclic) bond motifs is 1. The molecule has 4 rings (SSSR count). The molecular weight excluding hydrogens is 284 g/mol. The van der Waals surface area contributed by atoms with E-state index in [0.29, 0.717) is 5.57 Å². The average molecular weight is 298 g/mol. The van der Waals surface area contributed by atoms with Gasteiger partial charge in [0.2, 0.25) is 0 Å². The Morgan fingerprint density at radius 2 is 1.65 bits per heavy atom. The van der Waals surface area contributed by atoms with Gasteiger partial charge in [-0.3, -0.25) is 14.7 Å². The van der Waals surface area contributed by atoms with Gasteiger partial charge in [0.25, 0.3) is 5.91 Å². The SMILES string of the molecule is O=C1/C(=C/c2cccnc2)c2ccccc2N1c1ccccc1. The van der Waals surface area contributed by atoms with Crippen molar-refractivity contribution in [2.75, 3.05) is 4.90 Å². The van der Waals surface area contributed by atoms with Crippen LogP contribution in [0.25, 0.3) is 11.6 Å². The summed E-state index contributed by atoms with van der Waals surface area (Å²) in [6.07, 6.45) is 5.38. The predicted molar refractivity (Wildman–Crippen MR) is 92.1 cm³/mol. The van der Waals surface area contributed by atoms with Crippen LogP contribution in [0.2, 0.25) is 0 Å². The average Bonchev–Trinajstić information content (AvgIpc) is 2.89. The maximum Gasteiger partial charge on any atom is 0.263 e. The van der Waals surface area contributed by atoms with Gasteiger partial charge in [0.15, 0.2) is 0 Å². The minimum absolute atomic E-state index is 0.0127. The number of hydrogen-bond acceptors (Lipinski definition) is 2. The van der Waals surface area contributed by atoms with Gasteiger partial charge in [-0.05, 0) is 35.9 Å². The van der Waals surface area contributed by atoms with E-state index in [-0.39, 0.29) is 5.91 Å². The number of carbonyl (C=O) groups excluding carboxylic acids is 1. The monoisotopic (exact) mass is 298 g/mol. The molecule has 23 heavy (non-hydrogen) atoms. The Bertz CT molecular complexity index is 886. The number of amides is 1. The fraction of sp³-hybridized carbons (Fsp3) is 0. The molecule has 0 unspecified atom stereocenters. The van der Waals surface area contributed by atoms with Crippen molar-refractivity contribution in [3.63, 3.8) is 0 Å². The van der Waals surface area contributed by atoms with E-state index in [0.717, 1.165) is 22.5 Å². The Labute approximate surface area is 134 Å². The van der Waals surface area contributed by atoms with E-state index in [9.17, 15) is 4.79 Å². The first-order chi connectivity index (χ1) is 11.3. The Morgan fingerprint density at radius 1 is 0.870 bits per heavy atom. The molecule has 1 aliphatic heterocycles. The molecule has 1 aromatic heterocycles. The number of carbonyl (C=O) groups is 1. The van der Waals surface area contributed by atoms with Gasteiger partial charge in [-0.25, -0.2) is 0 Å². The molecule has 0 atom stereocenters. The summed E-state index contributed by atoms with van der Waals surface area (Å²) in [4.78, 5) is 18.9. The number of aromatic nitrogens is 1. The van der Waals surface area contributed by atoms with Gasteiger partial charge in [-0.2, -0.15) is 0 Å². The third kappa shape index (κ3) is 2.32. The predicted octanol–water partition coefficient (Wildman–Crippen LogP) is 4.30. The minimum Gasteiger partial charge on any atom is -0.276 e. The second-order valence-electron chi connectivity index (χ2n) is 5.34. The number of para-hydroxylation sites is 2. The summed E-state index contributed by atoms with van der Waals surface area (Å²) in [6, 6.07) is 21.4. The number of anilines is 2. The van der Waals surface area contributed by atoms with Crippen molar-refractivity contribution in [3.05, 3.63) is 90.3 Å². The van der Waals surface area contributed by atoms with Crippen LogP contribution in [-0.4, -0.2) is 10.9 Å². The highest BCUT2D eigenvalue weighted by atomic mass is 16.2. The second kappa shape index (κ2) is 5.54. The maximum atomic E-state index is 13.0. The van der Waals surface area contributed by atoms with E-state index in [1.807, 2.05) is 72.8 Å². The van der Waals surface area contributed by atoms with Crippen molar-refractivity contribution in [3.8, 4) is 0 Å². The van der Waals surface area contributed by atoms with Gasteiger partial charge in [0.1, 0.15) is 0 Å². The van der Waals surface area contributed by atoms with Crippen molar-refractivity contribution in [1.29, 1.82) is 0 Å². The molecule has 110 valence electrons. The Kier molecular flexibility index (Phi) is 3.24. The zero-order valence-electron chi connectivity index (χ0n) is 12.4. The van der Waals surface area contributed by atoms with Crippen LogP contribution in [0.1, 0.15) is 11.1 Å². The number of nitrogens with zero attached hydrogens (tertiary/aromatic N) is 2. The molecule has 3 nitrogen and oxygen atoms in total. The van der Waals surface area contributed by atoms with Crippen molar-refractivity contribution in [2.45, 2.75) is 0 Å². The number of pyridine rings is 1. The van der Waals surface area contributed by atoms with E-state index in [4.69, 9.17) is 0 Å². The van der Waals surface area contributed by atoms with E-state index in [1.165, 1.54) is 0 Å². The zero-order chi connectivity index (χ0) is 15.6. The summed E-state index contributed by atoms with van der Waals surface area (Å²) < 4.78 is 0. The molecule has 1 amide bonds. The lowest BCUT2D eigenvalue weighted by molar-refractivity contribution is -0.112. The van der Waals surface area contributed by atoms with Crippen molar-refractivity contribution >= 4 is 28.9 Å². The van der Waals surface area contributed by atoms with Crippen molar-refractivity contribution in [2.24, 2.45) is 0 Å². The first-order valence-corrected chi connectivity index (χ1v) is 7.45. The summed E-state index contributed by atoms with van der Waals surface area (Å²) in [5.74, 6) is -0.0127. The van der Waals surface area contributed by atoms with Gasteiger partial charge in [0, 0.05) is 23.6 Å². The quantitative estimate of drug-likeness (QED) is 0.661. The Balaban J connectivity index is 1.87. The molecule has 0 bridgehead atoms. The highest BCUT2D eigenvalue weighted by Crippen LogP contribution is 2.41. The van der Waals surface area contributed by atoms with E-state index >= 15 is 0 Å². The summed E-state index contributed by atoms with van der Waals surface area (Å²) in [5.41, 5.74) is 4.35. The molecule has 3 heteroatoms. The van der Waals surface area contributed by atoms with Crippen LogP contribution in [-0.2, 0) is 4.79 Å². The summed E-state index contributed by atoms with van der Waals surface area (Å²) >= 11 is 0. The molecule has 0 fully saturated rings. The number of benzene rings is 2. The highest BCUT2D eigenvalue weighted by molar-refractivity contribution is 6.37. The molecular formula is C20H14N2O. The maximum absolute atomic E-state index is 13.0. The number of hydrogen-bond donors (Lipinski definition) is 0. The molecule has 1 aliphatic rings. The Morgan fingerprint density at radius 3 is 2.43 bits per heavy atom. The largest absolute Gasteiger partial charge is 0.276 e. The van der Waals surface area contributed by atoms with E-state index < -0.39 is 0 Å². The van der Waals surface area contributed by atoms with Crippen LogP contribution in [0.15, 0.2) is 79.1 Å². The summed E-state index contributed by atoms with van der Waals surface area (Å²) in [7, 11) is 0. The van der Waals surface area contributed by atoms with Crippen molar-refractivity contribution < 1.29 is 4.79 Å². The third-order valence-corrected chi connectivity index (χ3v) is 3.88. The first-order valence-electron chi connectivity index (χ1n) is 7.45. The number of rotatable bonds is 2. The van der Waals surface area contributed by atoms with E-state index in [1.54, 1.807) is 17.3 Å². The molecule has 0 saturated carbocycles. The fourth-order valence-corrected chi connectivity index (χ4v) is 2.84. The van der Waals surface area contributed by atoms with Gasteiger partial charge in [-0.15, -0.1) is 0 Å². The van der Waals surface area contributed by atoms with Crippen LogP contribution in [0.3, 0.4) is 0 Å². The lowest BCUT2D eigenvalue weighted by Crippen LogP contribution is -2.20. The van der Waals surface area contributed by atoms with Crippen LogP contribution in [0.4, 0.5) is 11.4 Å². The molecule has 0 N–H and O–H groups in total. The summed E-state index contributed by atoms with van der Waals surface area (Å²) in [6.45, 7) is 0. The molecule has 0 spiro atoms. The first kappa shape index (κ1) is 13.5. The zero-order valence-corrected chi connectivity index (χ0v) is 12.4. The standard InChI is InChI=1S/C20H14N2O/c23-20-18(13-15-7-6-12-21-14-15)17-10-4-5-11-19(17)22(20)16-8-2-1-3-9-16/h1-14H/b18-13+. The van der Waals surface area contributed by atoms with Crippen LogP contribution in [0, 0.1) is 0 Å². The molecule has 3 aromatic rings. The normalized spacial score (nSPS) is 15.0. The summed E-state index contributed by atoms with van der Waals surface area (Å²) in [5, 5.41) is 0. The Hall–Kier alpha value is -3.20. The molecule has 2 aromatic carbocycles. The molecule has 0 aliphatic carbocycles. The van der Waals surface area contributed by atoms with Crippen molar-refractivity contribution in [1.82, 2.24) is 4.98 Å². The third-order valence-electron chi connectivity index (χ3n) is 3.88. The van der Waals surface area contributed by atoms with Gasteiger partial charge in [0.05, 0.1) is 11.3 Å². The van der Waals surface area contributed by atoms with Crippen LogP contribution >= 0.6 is 0 Å². The minimum atomic E-state index is -0.0127. The van der Waals surface area contributed by atoms with Crippen LogP contribution < -0.4 is 4.90 Å². The van der Waals surface area contributed by atoms with Gasteiger partial charge in [-0.1, -0.05) is 42.5 Å². The van der Waals surface area contributed by atoms with Crippen LogP contribution in [0.5, 0.6) is 0 Å².